The summed E-state index contributed by atoms with van der Waals surface area (Å²) in [6, 6.07) is 19.4. The zero-order valence-electron chi connectivity index (χ0n) is 17.1. The molecule has 0 saturated heterocycles. The number of hydrogen-bond acceptors (Lipinski definition) is 5. The Labute approximate surface area is 184 Å². The molecule has 1 N–H and O–H groups in total. The highest BCUT2D eigenvalue weighted by Crippen LogP contribution is 2.18. The number of thioether (sulfide) groups is 1. The summed E-state index contributed by atoms with van der Waals surface area (Å²) < 4.78 is 1.73. The third-order valence-electron chi connectivity index (χ3n) is 4.84. The number of amides is 1. The first-order valence-corrected chi connectivity index (χ1v) is 10.9. The van der Waals surface area contributed by atoms with Crippen molar-refractivity contribution in [1.82, 2.24) is 19.9 Å². The van der Waals surface area contributed by atoms with Crippen LogP contribution in [0.4, 0.5) is 0 Å². The summed E-state index contributed by atoms with van der Waals surface area (Å²) in [6.07, 6.45) is 3.40. The minimum atomic E-state index is -0.190. The van der Waals surface area contributed by atoms with Crippen LogP contribution >= 0.6 is 11.8 Å². The summed E-state index contributed by atoms with van der Waals surface area (Å²) in [5.41, 5.74) is 4.44. The number of carbonyl (C=O) groups is 1. The lowest BCUT2D eigenvalue weighted by atomic mass is 10.1. The monoisotopic (exact) mass is 430 g/mol. The number of hydrogen-bond donors (Lipinski definition) is 1. The zero-order valence-corrected chi connectivity index (χ0v) is 17.9. The van der Waals surface area contributed by atoms with E-state index >= 15 is 0 Å². The molecule has 156 valence electrons. The summed E-state index contributed by atoms with van der Waals surface area (Å²) in [5, 5.41) is 3.17. The van der Waals surface area contributed by atoms with Gasteiger partial charge in [-0.2, -0.15) is 0 Å². The van der Waals surface area contributed by atoms with E-state index in [0.717, 1.165) is 33.9 Å². The maximum absolute atomic E-state index is 13.2. The zero-order chi connectivity index (χ0) is 21.6. The molecular formula is C24H22N4O2S. The van der Waals surface area contributed by atoms with E-state index in [1.54, 1.807) is 17.0 Å². The number of fused-ring (bicyclic) bond motifs is 1. The smallest absolute Gasteiger partial charge is 0.283 e. The lowest BCUT2D eigenvalue weighted by Crippen LogP contribution is -2.27. The van der Waals surface area contributed by atoms with E-state index in [4.69, 9.17) is 0 Å². The SMILES string of the molecule is Cc1ccc(Cn2c(=O)c(SCC(=O)NCc3cccnc3)nc3ccccc32)cc1. The van der Waals surface area contributed by atoms with Crippen LogP contribution in [0.5, 0.6) is 0 Å². The van der Waals surface area contributed by atoms with Crippen molar-refractivity contribution < 1.29 is 4.79 Å². The molecule has 0 unspecified atom stereocenters. The largest absolute Gasteiger partial charge is 0.351 e. The van der Waals surface area contributed by atoms with Gasteiger partial charge in [0.1, 0.15) is 0 Å². The molecule has 4 aromatic rings. The molecule has 2 aromatic carbocycles. The minimum absolute atomic E-state index is 0.116. The molecule has 2 aromatic heterocycles. The van der Waals surface area contributed by atoms with Gasteiger partial charge in [0.2, 0.25) is 5.91 Å². The van der Waals surface area contributed by atoms with E-state index < -0.39 is 0 Å². The number of rotatable bonds is 7. The van der Waals surface area contributed by atoms with Crippen molar-refractivity contribution in [2.75, 3.05) is 5.75 Å². The molecule has 7 heteroatoms. The topological polar surface area (TPSA) is 76.9 Å². The van der Waals surface area contributed by atoms with Crippen molar-refractivity contribution in [2.24, 2.45) is 0 Å². The molecule has 0 bridgehead atoms. The standard InChI is InChI=1S/C24H22N4O2S/c1-17-8-10-18(11-9-17)15-28-21-7-3-2-6-20(21)27-23(24(28)30)31-16-22(29)26-14-19-5-4-12-25-13-19/h2-13H,14-16H2,1H3,(H,26,29). The Morgan fingerprint density at radius 2 is 1.84 bits per heavy atom. The summed E-state index contributed by atoms with van der Waals surface area (Å²) in [4.78, 5) is 34.0. The van der Waals surface area contributed by atoms with Crippen LogP contribution in [0.2, 0.25) is 0 Å². The predicted octanol–water partition coefficient (Wildman–Crippen LogP) is 3.56. The van der Waals surface area contributed by atoms with Crippen LogP contribution in [0.15, 0.2) is 82.9 Å². The van der Waals surface area contributed by atoms with Crippen LogP contribution in [-0.2, 0) is 17.9 Å². The van der Waals surface area contributed by atoms with Crippen LogP contribution in [0.1, 0.15) is 16.7 Å². The second-order valence-electron chi connectivity index (χ2n) is 7.21. The van der Waals surface area contributed by atoms with Gasteiger partial charge in [-0.05, 0) is 36.2 Å². The lowest BCUT2D eigenvalue weighted by molar-refractivity contribution is -0.118. The van der Waals surface area contributed by atoms with Crippen LogP contribution < -0.4 is 10.9 Å². The maximum Gasteiger partial charge on any atom is 0.283 e. The van der Waals surface area contributed by atoms with Gasteiger partial charge in [0.15, 0.2) is 5.03 Å². The molecule has 6 nitrogen and oxygen atoms in total. The van der Waals surface area contributed by atoms with E-state index in [1.807, 2.05) is 67.6 Å². The van der Waals surface area contributed by atoms with E-state index in [9.17, 15) is 9.59 Å². The molecule has 0 fully saturated rings. The van der Waals surface area contributed by atoms with E-state index in [2.05, 4.69) is 15.3 Å². The first-order chi connectivity index (χ1) is 15.1. The molecule has 31 heavy (non-hydrogen) atoms. The third kappa shape index (κ3) is 5.19. The molecular weight excluding hydrogens is 408 g/mol. The fourth-order valence-electron chi connectivity index (χ4n) is 3.18. The molecule has 0 radical (unpaired) electrons. The number of nitrogens with zero attached hydrogens (tertiary/aromatic N) is 3. The fourth-order valence-corrected chi connectivity index (χ4v) is 3.95. The Hall–Kier alpha value is -3.45. The molecule has 0 aliphatic heterocycles. The number of para-hydroxylation sites is 2. The molecule has 0 spiro atoms. The fraction of sp³-hybridized carbons (Fsp3) is 0.167. The van der Waals surface area contributed by atoms with E-state index in [1.165, 1.54) is 5.56 Å². The number of benzene rings is 2. The predicted molar refractivity (Wildman–Crippen MR) is 123 cm³/mol. The van der Waals surface area contributed by atoms with Gasteiger partial charge in [0, 0.05) is 18.9 Å². The summed E-state index contributed by atoms with van der Waals surface area (Å²) in [5.74, 6) is -0.0425. The van der Waals surface area contributed by atoms with Gasteiger partial charge < -0.3 is 5.32 Å². The summed E-state index contributed by atoms with van der Waals surface area (Å²) >= 11 is 1.16. The quantitative estimate of drug-likeness (QED) is 0.454. The highest BCUT2D eigenvalue weighted by atomic mass is 32.2. The van der Waals surface area contributed by atoms with Gasteiger partial charge in [-0.3, -0.25) is 19.1 Å². The van der Waals surface area contributed by atoms with Crippen LogP contribution in [0.25, 0.3) is 11.0 Å². The lowest BCUT2D eigenvalue weighted by Gasteiger charge is -2.12. The number of nitrogens with one attached hydrogen (secondary N) is 1. The van der Waals surface area contributed by atoms with Gasteiger partial charge in [-0.15, -0.1) is 0 Å². The van der Waals surface area contributed by atoms with Gasteiger partial charge >= 0.3 is 0 Å². The highest BCUT2D eigenvalue weighted by molar-refractivity contribution is 7.99. The van der Waals surface area contributed by atoms with Crippen molar-refractivity contribution in [3.05, 3.63) is 100 Å². The van der Waals surface area contributed by atoms with E-state index in [0.29, 0.717) is 18.1 Å². The molecule has 0 aliphatic carbocycles. The number of carbonyl (C=O) groups excluding carboxylic acids is 1. The minimum Gasteiger partial charge on any atom is -0.351 e. The Bertz CT molecular complexity index is 1250. The Morgan fingerprint density at radius 3 is 2.61 bits per heavy atom. The van der Waals surface area contributed by atoms with Crippen molar-refractivity contribution in [1.29, 1.82) is 0 Å². The normalized spacial score (nSPS) is 10.9. The third-order valence-corrected chi connectivity index (χ3v) is 5.78. The van der Waals surface area contributed by atoms with Gasteiger partial charge in [-0.25, -0.2) is 4.98 Å². The Balaban J connectivity index is 1.53. The summed E-state index contributed by atoms with van der Waals surface area (Å²) in [7, 11) is 0. The van der Waals surface area contributed by atoms with Crippen molar-refractivity contribution >= 4 is 28.7 Å². The van der Waals surface area contributed by atoms with Crippen LogP contribution in [-0.4, -0.2) is 26.2 Å². The average molecular weight is 431 g/mol. The maximum atomic E-state index is 13.2. The average Bonchev–Trinajstić information content (AvgIpc) is 2.80. The highest BCUT2D eigenvalue weighted by Gasteiger charge is 2.13. The van der Waals surface area contributed by atoms with Gasteiger partial charge in [-0.1, -0.05) is 59.8 Å². The molecule has 0 atom stereocenters. The molecule has 0 saturated carbocycles. The van der Waals surface area contributed by atoms with Crippen LogP contribution in [0.3, 0.4) is 0 Å². The van der Waals surface area contributed by atoms with Crippen LogP contribution in [0, 0.1) is 6.92 Å². The van der Waals surface area contributed by atoms with Gasteiger partial charge in [0.25, 0.3) is 5.56 Å². The van der Waals surface area contributed by atoms with Gasteiger partial charge in [0.05, 0.1) is 23.3 Å². The number of pyridine rings is 1. The Morgan fingerprint density at radius 1 is 1.03 bits per heavy atom. The number of aryl methyl sites for hydroxylation is 1. The summed E-state index contributed by atoms with van der Waals surface area (Å²) in [6.45, 7) is 2.88. The second kappa shape index (κ2) is 9.57. The number of aromatic nitrogens is 3. The first-order valence-electron chi connectivity index (χ1n) is 9.94. The first kappa shape index (κ1) is 20.8. The van der Waals surface area contributed by atoms with Crippen molar-refractivity contribution in [2.45, 2.75) is 25.0 Å². The van der Waals surface area contributed by atoms with Crippen molar-refractivity contribution in [3.63, 3.8) is 0 Å². The molecule has 4 rings (SSSR count). The van der Waals surface area contributed by atoms with E-state index in [-0.39, 0.29) is 17.2 Å². The molecule has 1 amide bonds. The second-order valence-corrected chi connectivity index (χ2v) is 8.17. The van der Waals surface area contributed by atoms with Crippen molar-refractivity contribution in [3.8, 4) is 0 Å². The molecule has 2 heterocycles. The molecule has 0 aliphatic rings. The Kier molecular flexibility index (Phi) is 6.43.